The zero-order chi connectivity index (χ0) is 14.8. The minimum absolute atomic E-state index is 0.0495. The number of alkyl halides is 3. The molecule has 1 aromatic rings. The summed E-state index contributed by atoms with van der Waals surface area (Å²) < 4.78 is 39.8. The SMILES string of the molecule is O=C(Nc1cccc(I)c1)C1CCCCC1C(F)(F)F. The predicted octanol–water partition coefficient (Wildman–Crippen LogP) is 4.60. The number of nitrogens with one attached hydrogen (secondary N) is 1. The Labute approximate surface area is 129 Å². The molecule has 0 heterocycles. The lowest BCUT2D eigenvalue weighted by molar-refractivity contribution is -0.197. The molecular formula is C14H15F3INO. The Morgan fingerprint density at radius 1 is 1.25 bits per heavy atom. The molecule has 1 saturated carbocycles. The van der Waals surface area contributed by atoms with E-state index in [9.17, 15) is 18.0 Å². The fourth-order valence-electron chi connectivity index (χ4n) is 2.64. The van der Waals surface area contributed by atoms with Crippen molar-refractivity contribution >= 4 is 34.2 Å². The van der Waals surface area contributed by atoms with E-state index in [-0.39, 0.29) is 6.42 Å². The van der Waals surface area contributed by atoms with Crippen LogP contribution in [0.3, 0.4) is 0 Å². The summed E-state index contributed by atoms with van der Waals surface area (Å²) in [5.74, 6) is -3.00. The lowest BCUT2D eigenvalue weighted by Crippen LogP contribution is -2.39. The smallest absolute Gasteiger partial charge is 0.326 e. The highest BCUT2D eigenvalue weighted by molar-refractivity contribution is 14.1. The zero-order valence-corrected chi connectivity index (χ0v) is 12.9. The molecule has 2 rings (SSSR count). The van der Waals surface area contributed by atoms with E-state index in [1.54, 1.807) is 18.2 Å². The molecule has 1 aromatic carbocycles. The largest absolute Gasteiger partial charge is 0.392 e. The average Bonchev–Trinajstić information content (AvgIpc) is 2.37. The summed E-state index contributed by atoms with van der Waals surface area (Å²) in [6.07, 6.45) is -2.73. The van der Waals surface area contributed by atoms with Crippen molar-refractivity contribution in [3.05, 3.63) is 27.8 Å². The Bertz CT molecular complexity index is 490. The van der Waals surface area contributed by atoms with Crippen LogP contribution in [0, 0.1) is 15.4 Å². The summed E-state index contributed by atoms with van der Waals surface area (Å²) in [7, 11) is 0. The number of carbonyl (C=O) groups excluding carboxylic acids is 1. The van der Waals surface area contributed by atoms with Crippen LogP contribution in [0.1, 0.15) is 25.7 Å². The van der Waals surface area contributed by atoms with E-state index >= 15 is 0 Å². The van der Waals surface area contributed by atoms with Gasteiger partial charge in [0.2, 0.25) is 5.91 Å². The van der Waals surface area contributed by atoms with Gasteiger partial charge in [0.05, 0.1) is 5.92 Å². The Hall–Kier alpha value is -0.790. The zero-order valence-electron chi connectivity index (χ0n) is 10.7. The molecule has 1 fully saturated rings. The van der Waals surface area contributed by atoms with Crippen molar-refractivity contribution in [2.75, 3.05) is 5.32 Å². The maximum atomic E-state index is 13.0. The molecule has 2 unspecified atom stereocenters. The van der Waals surface area contributed by atoms with Crippen molar-refractivity contribution < 1.29 is 18.0 Å². The molecule has 0 radical (unpaired) electrons. The monoisotopic (exact) mass is 397 g/mol. The molecule has 1 aliphatic carbocycles. The summed E-state index contributed by atoms with van der Waals surface area (Å²) in [6, 6.07) is 7.05. The molecule has 0 aromatic heterocycles. The molecule has 1 aliphatic rings. The van der Waals surface area contributed by atoms with Gasteiger partial charge in [-0.2, -0.15) is 13.2 Å². The van der Waals surface area contributed by atoms with Gasteiger partial charge < -0.3 is 5.32 Å². The fraction of sp³-hybridized carbons (Fsp3) is 0.500. The van der Waals surface area contributed by atoms with Gasteiger partial charge in [0.1, 0.15) is 0 Å². The first-order valence-corrected chi connectivity index (χ1v) is 7.59. The van der Waals surface area contributed by atoms with Crippen LogP contribution in [0.5, 0.6) is 0 Å². The van der Waals surface area contributed by atoms with Crippen LogP contribution < -0.4 is 5.32 Å². The second kappa shape index (κ2) is 6.32. The van der Waals surface area contributed by atoms with E-state index in [1.807, 2.05) is 6.07 Å². The number of carbonyl (C=O) groups is 1. The van der Waals surface area contributed by atoms with Crippen LogP contribution in [0.4, 0.5) is 18.9 Å². The first-order chi connectivity index (χ1) is 9.38. The summed E-state index contributed by atoms with van der Waals surface area (Å²) in [6.45, 7) is 0. The third-order valence-corrected chi connectivity index (χ3v) is 4.29. The first-order valence-electron chi connectivity index (χ1n) is 6.51. The molecule has 1 amide bonds. The van der Waals surface area contributed by atoms with Crippen molar-refractivity contribution in [2.45, 2.75) is 31.9 Å². The maximum Gasteiger partial charge on any atom is 0.392 e. The van der Waals surface area contributed by atoms with E-state index in [0.29, 0.717) is 24.9 Å². The maximum absolute atomic E-state index is 13.0. The molecule has 110 valence electrons. The third kappa shape index (κ3) is 3.86. The third-order valence-electron chi connectivity index (χ3n) is 3.62. The van der Waals surface area contributed by atoms with Crippen LogP contribution in [0.15, 0.2) is 24.3 Å². The molecule has 1 N–H and O–H groups in total. The van der Waals surface area contributed by atoms with Gasteiger partial charge >= 0.3 is 6.18 Å². The van der Waals surface area contributed by atoms with E-state index in [2.05, 4.69) is 27.9 Å². The molecule has 0 aliphatic heterocycles. The van der Waals surface area contributed by atoms with Crippen LogP contribution in [-0.2, 0) is 4.79 Å². The van der Waals surface area contributed by atoms with Gasteiger partial charge in [-0.1, -0.05) is 18.9 Å². The quantitative estimate of drug-likeness (QED) is 0.727. The van der Waals surface area contributed by atoms with Crippen LogP contribution in [-0.4, -0.2) is 12.1 Å². The van der Waals surface area contributed by atoms with E-state index in [1.165, 1.54) is 0 Å². The summed E-state index contributed by atoms with van der Waals surface area (Å²) in [4.78, 5) is 12.1. The molecule has 2 atom stereocenters. The van der Waals surface area contributed by atoms with Gasteiger partial charge in [0.15, 0.2) is 0 Å². The topological polar surface area (TPSA) is 29.1 Å². The minimum Gasteiger partial charge on any atom is -0.326 e. The van der Waals surface area contributed by atoms with Crippen molar-refractivity contribution in [1.82, 2.24) is 0 Å². The highest BCUT2D eigenvalue weighted by Crippen LogP contribution is 2.41. The number of benzene rings is 1. The van der Waals surface area contributed by atoms with Crippen molar-refractivity contribution in [1.29, 1.82) is 0 Å². The number of hydrogen-bond donors (Lipinski definition) is 1. The van der Waals surface area contributed by atoms with Gasteiger partial charge in [-0.25, -0.2) is 0 Å². The molecular weight excluding hydrogens is 382 g/mol. The number of halogens is 4. The number of anilines is 1. The fourth-order valence-corrected chi connectivity index (χ4v) is 3.18. The highest BCUT2D eigenvalue weighted by Gasteiger charge is 2.47. The first kappa shape index (κ1) is 15.6. The van der Waals surface area contributed by atoms with Gasteiger partial charge in [0.25, 0.3) is 0 Å². The van der Waals surface area contributed by atoms with Crippen molar-refractivity contribution in [3.63, 3.8) is 0 Å². The second-order valence-electron chi connectivity index (χ2n) is 5.04. The van der Waals surface area contributed by atoms with Crippen LogP contribution in [0.25, 0.3) is 0 Å². The van der Waals surface area contributed by atoms with Gasteiger partial charge in [-0.3, -0.25) is 4.79 Å². The molecule has 6 heteroatoms. The predicted molar refractivity (Wildman–Crippen MR) is 79.3 cm³/mol. The molecule has 2 nitrogen and oxygen atoms in total. The summed E-state index contributed by atoms with van der Waals surface area (Å²) in [5, 5.41) is 2.61. The average molecular weight is 397 g/mol. The number of rotatable bonds is 2. The molecule has 0 bridgehead atoms. The molecule has 0 saturated heterocycles. The van der Waals surface area contributed by atoms with Crippen molar-refractivity contribution in [3.8, 4) is 0 Å². The Morgan fingerprint density at radius 3 is 2.60 bits per heavy atom. The van der Waals surface area contributed by atoms with Gasteiger partial charge in [-0.05, 0) is 53.6 Å². The van der Waals surface area contributed by atoms with Gasteiger partial charge in [-0.15, -0.1) is 0 Å². The Morgan fingerprint density at radius 2 is 1.95 bits per heavy atom. The van der Waals surface area contributed by atoms with Gasteiger partial charge in [0, 0.05) is 15.2 Å². The highest BCUT2D eigenvalue weighted by atomic mass is 127. The van der Waals surface area contributed by atoms with E-state index in [0.717, 1.165) is 3.57 Å². The lowest BCUT2D eigenvalue weighted by atomic mass is 9.78. The summed E-state index contributed by atoms with van der Waals surface area (Å²) >= 11 is 2.09. The lowest BCUT2D eigenvalue weighted by Gasteiger charge is -2.32. The number of hydrogen-bond acceptors (Lipinski definition) is 1. The molecule has 0 spiro atoms. The Kier molecular flexibility index (Phi) is 4.93. The Balaban J connectivity index is 2.10. The van der Waals surface area contributed by atoms with Crippen LogP contribution >= 0.6 is 22.6 Å². The second-order valence-corrected chi connectivity index (χ2v) is 6.28. The van der Waals surface area contributed by atoms with E-state index in [4.69, 9.17) is 0 Å². The number of amides is 1. The normalized spacial score (nSPS) is 23.4. The standard InChI is InChI=1S/C14H15F3INO/c15-14(16,17)12-7-2-1-6-11(12)13(20)19-10-5-3-4-9(18)8-10/h3-5,8,11-12H,1-2,6-7H2,(H,19,20). The van der Waals surface area contributed by atoms with Crippen LogP contribution in [0.2, 0.25) is 0 Å². The van der Waals surface area contributed by atoms with Crippen molar-refractivity contribution in [2.24, 2.45) is 11.8 Å². The summed E-state index contributed by atoms with van der Waals surface area (Å²) in [5.41, 5.74) is 0.549. The van der Waals surface area contributed by atoms with E-state index < -0.39 is 23.9 Å². The minimum atomic E-state index is -4.30. The molecule has 20 heavy (non-hydrogen) atoms.